The summed E-state index contributed by atoms with van der Waals surface area (Å²) < 4.78 is 0. The zero-order chi connectivity index (χ0) is 10.7. The number of nitrogens with zero attached hydrogens (tertiary/aromatic N) is 1. The van der Waals surface area contributed by atoms with Crippen molar-refractivity contribution in [2.75, 3.05) is 0 Å². The Labute approximate surface area is 89.9 Å². The third kappa shape index (κ3) is 2.36. The Bertz CT molecular complexity index is 433. The first-order chi connectivity index (χ1) is 7.29. The summed E-state index contributed by atoms with van der Waals surface area (Å²) in [4.78, 5) is 0. The molecule has 0 bridgehead atoms. The highest BCUT2D eigenvalue weighted by atomic mass is 15.1. The summed E-state index contributed by atoms with van der Waals surface area (Å²) in [6.07, 6.45) is 3.01. The van der Waals surface area contributed by atoms with Gasteiger partial charge in [-0.3, -0.25) is 5.10 Å². The zero-order valence-electron chi connectivity index (χ0n) is 9.25. The molecule has 3 heteroatoms. The molecule has 1 aromatic carbocycles. The number of hydrogen-bond donors (Lipinski definition) is 2. The van der Waals surface area contributed by atoms with Crippen molar-refractivity contribution in [3.8, 4) is 0 Å². The van der Waals surface area contributed by atoms with E-state index in [1.807, 2.05) is 6.20 Å². The minimum Gasteiger partial charge on any atom is -0.310 e. The van der Waals surface area contributed by atoms with Crippen molar-refractivity contribution < 1.29 is 0 Å². The second-order valence-electron chi connectivity index (χ2n) is 3.98. The monoisotopic (exact) mass is 203 g/mol. The Balaban J connectivity index is 2.08. The van der Waals surface area contributed by atoms with Crippen LogP contribution in [0, 0.1) is 0 Å². The molecule has 2 rings (SSSR count). The van der Waals surface area contributed by atoms with Gasteiger partial charge in [0.1, 0.15) is 0 Å². The van der Waals surface area contributed by atoms with Gasteiger partial charge in [0, 0.05) is 18.0 Å². The molecule has 0 aliphatic rings. The van der Waals surface area contributed by atoms with Crippen LogP contribution in [-0.4, -0.2) is 16.2 Å². The molecule has 2 aromatic rings. The van der Waals surface area contributed by atoms with Gasteiger partial charge in [-0.15, -0.1) is 0 Å². The van der Waals surface area contributed by atoms with E-state index in [-0.39, 0.29) is 0 Å². The van der Waals surface area contributed by atoms with Crippen LogP contribution in [0.25, 0.3) is 10.9 Å². The molecule has 1 heterocycles. The summed E-state index contributed by atoms with van der Waals surface area (Å²) in [6, 6.07) is 6.97. The van der Waals surface area contributed by atoms with Crippen LogP contribution < -0.4 is 5.32 Å². The van der Waals surface area contributed by atoms with Gasteiger partial charge in [0.15, 0.2) is 0 Å². The molecule has 2 N–H and O–H groups in total. The number of rotatable bonds is 4. The fourth-order valence-electron chi connectivity index (χ4n) is 1.53. The van der Waals surface area contributed by atoms with E-state index in [2.05, 4.69) is 47.6 Å². The molecule has 1 atom stereocenters. The highest BCUT2D eigenvalue weighted by Crippen LogP contribution is 2.12. The Morgan fingerprint density at radius 3 is 3.13 bits per heavy atom. The average molecular weight is 203 g/mol. The molecule has 1 unspecified atom stereocenters. The molecule has 80 valence electrons. The lowest BCUT2D eigenvalue weighted by atomic mass is 10.1. The third-order valence-electron chi connectivity index (χ3n) is 2.77. The molecule has 0 fully saturated rings. The summed E-state index contributed by atoms with van der Waals surface area (Å²) in [7, 11) is 0. The Kier molecular flexibility index (Phi) is 3.02. The van der Waals surface area contributed by atoms with Gasteiger partial charge in [-0.05, 0) is 25.0 Å². The molecule has 15 heavy (non-hydrogen) atoms. The molecule has 3 nitrogen and oxygen atoms in total. The standard InChI is InChI=1S/C12H17N3/c1-3-9(2)13-7-10-4-5-11-8-14-15-12(11)6-10/h4-6,8-9,13H,3,7H2,1-2H3,(H,14,15). The molecule has 1 aromatic heterocycles. The topological polar surface area (TPSA) is 40.7 Å². The average Bonchev–Trinajstić information content (AvgIpc) is 2.72. The van der Waals surface area contributed by atoms with Crippen LogP contribution in [0.15, 0.2) is 24.4 Å². The number of hydrogen-bond acceptors (Lipinski definition) is 2. The molecule has 0 radical (unpaired) electrons. The van der Waals surface area contributed by atoms with Gasteiger partial charge in [0.2, 0.25) is 0 Å². The zero-order valence-corrected chi connectivity index (χ0v) is 9.25. The van der Waals surface area contributed by atoms with Crippen LogP contribution in [-0.2, 0) is 6.54 Å². The predicted molar refractivity (Wildman–Crippen MR) is 62.7 cm³/mol. The number of nitrogens with one attached hydrogen (secondary N) is 2. The van der Waals surface area contributed by atoms with Gasteiger partial charge < -0.3 is 5.32 Å². The number of benzene rings is 1. The number of H-pyrrole nitrogens is 1. The third-order valence-corrected chi connectivity index (χ3v) is 2.77. The van der Waals surface area contributed by atoms with E-state index < -0.39 is 0 Å². The van der Waals surface area contributed by atoms with E-state index in [1.54, 1.807) is 0 Å². The first kappa shape index (κ1) is 10.2. The quantitative estimate of drug-likeness (QED) is 0.801. The minimum atomic E-state index is 0.572. The molecule has 0 saturated carbocycles. The van der Waals surface area contributed by atoms with Crippen LogP contribution in [0.4, 0.5) is 0 Å². The normalized spacial score (nSPS) is 13.2. The fourth-order valence-corrected chi connectivity index (χ4v) is 1.53. The summed E-state index contributed by atoms with van der Waals surface area (Å²) in [5.74, 6) is 0. The van der Waals surface area contributed by atoms with E-state index in [0.29, 0.717) is 6.04 Å². The number of aromatic nitrogens is 2. The van der Waals surface area contributed by atoms with Crippen LogP contribution in [0.2, 0.25) is 0 Å². The Morgan fingerprint density at radius 1 is 1.47 bits per heavy atom. The van der Waals surface area contributed by atoms with Gasteiger partial charge in [-0.25, -0.2) is 0 Å². The lowest BCUT2D eigenvalue weighted by molar-refractivity contribution is 0.534. The lowest BCUT2D eigenvalue weighted by Crippen LogP contribution is -2.24. The highest BCUT2D eigenvalue weighted by molar-refractivity contribution is 5.78. The maximum atomic E-state index is 4.01. The molecule has 0 aliphatic heterocycles. The van der Waals surface area contributed by atoms with Crippen molar-refractivity contribution in [1.29, 1.82) is 0 Å². The van der Waals surface area contributed by atoms with Gasteiger partial charge in [-0.1, -0.05) is 19.1 Å². The first-order valence-electron chi connectivity index (χ1n) is 5.45. The predicted octanol–water partition coefficient (Wildman–Crippen LogP) is 2.45. The first-order valence-corrected chi connectivity index (χ1v) is 5.45. The smallest absolute Gasteiger partial charge is 0.0653 e. The van der Waals surface area contributed by atoms with Crippen molar-refractivity contribution in [1.82, 2.24) is 15.5 Å². The van der Waals surface area contributed by atoms with Crippen molar-refractivity contribution >= 4 is 10.9 Å². The molecule has 0 saturated heterocycles. The largest absolute Gasteiger partial charge is 0.310 e. The second kappa shape index (κ2) is 4.45. The summed E-state index contributed by atoms with van der Waals surface area (Å²) >= 11 is 0. The van der Waals surface area contributed by atoms with Gasteiger partial charge >= 0.3 is 0 Å². The lowest BCUT2D eigenvalue weighted by Gasteiger charge is -2.10. The van der Waals surface area contributed by atoms with E-state index in [4.69, 9.17) is 0 Å². The van der Waals surface area contributed by atoms with E-state index >= 15 is 0 Å². The van der Waals surface area contributed by atoms with Crippen LogP contribution >= 0.6 is 0 Å². The van der Waals surface area contributed by atoms with E-state index in [9.17, 15) is 0 Å². The van der Waals surface area contributed by atoms with Crippen molar-refractivity contribution in [3.63, 3.8) is 0 Å². The Morgan fingerprint density at radius 2 is 2.33 bits per heavy atom. The highest BCUT2D eigenvalue weighted by Gasteiger charge is 2.00. The van der Waals surface area contributed by atoms with Crippen LogP contribution in [0.5, 0.6) is 0 Å². The van der Waals surface area contributed by atoms with E-state index in [0.717, 1.165) is 18.5 Å². The van der Waals surface area contributed by atoms with E-state index in [1.165, 1.54) is 10.9 Å². The molecule has 0 aliphatic carbocycles. The van der Waals surface area contributed by atoms with Crippen molar-refractivity contribution in [2.24, 2.45) is 0 Å². The summed E-state index contributed by atoms with van der Waals surface area (Å²) in [5.41, 5.74) is 2.41. The number of fused-ring (bicyclic) bond motifs is 1. The van der Waals surface area contributed by atoms with Gasteiger partial charge in [-0.2, -0.15) is 5.10 Å². The molecular weight excluding hydrogens is 186 g/mol. The molecular formula is C12H17N3. The maximum absolute atomic E-state index is 4.01. The summed E-state index contributed by atoms with van der Waals surface area (Å²) in [5, 5.41) is 11.6. The van der Waals surface area contributed by atoms with Crippen molar-refractivity contribution in [2.45, 2.75) is 32.9 Å². The van der Waals surface area contributed by atoms with Gasteiger partial charge in [0.25, 0.3) is 0 Å². The van der Waals surface area contributed by atoms with Crippen LogP contribution in [0.3, 0.4) is 0 Å². The molecule has 0 spiro atoms. The fraction of sp³-hybridized carbons (Fsp3) is 0.417. The maximum Gasteiger partial charge on any atom is 0.0653 e. The minimum absolute atomic E-state index is 0.572. The SMILES string of the molecule is CCC(C)NCc1ccc2cn[nH]c2c1. The van der Waals surface area contributed by atoms with Crippen LogP contribution in [0.1, 0.15) is 25.8 Å². The number of aromatic amines is 1. The Hall–Kier alpha value is -1.35. The van der Waals surface area contributed by atoms with Crippen molar-refractivity contribution in [3.05, 3.63) is 30.0 Å². The van der Waals surface area contributed by atoms with Gasteiger partial charge in [0.05, 0.1) is 11.7 Å². The second-order valence-corrected chi connectivity index (χ2v) is 3.98. The summed E-state index contributed by atoms with van der Waals surface area (Å²) in [6.45, 7) is 5.31. The molecule has 0 amide bonds.